The number of carbonyl (C=O) groups is 1. The van der Waals surface area contributed by atoms with Crippen molar-refractivity contribution in [3.8, 4) is 0 Å². The van der Waals surface area contributed by atoms with Crippen molar-refractivity contribution < 1.29 is 4.79 Å². The van der Waals surface area contributed by atoms with Gasteiger partial charge in [-0.2, -0.15) is 0 Å². The molecule has 0 spiro atoms. The molecule has 4 heteroatoms. The molecule has 1 fully saturated rings. The first kappa shape index (κ1) is 12.9. The minimum Gasteiger partial charge on any atom is -0.322 e. The van der Waals surface area contributed by atoms with Crippen LogP contribution in [0.1, 0.15) is 11.1 Å². The highest BCUT2D eigenvalue weighted by Crippen LogP contribution is 2.14. The number of hydrogen-bond acceptors (Lipinski definition) is 2. The minimum atomic E-state index is 0.00750. The van der Waals surface area contributed by atoms with Gasteiger partial charge in [0, 0.05) is 31.9 Å². The highest BCUT2D eigenvalue weighted by atomic mass is 16.2. The number of urea groups is 1. The summed E-state index contributed by atoms with van der Waals surface area (Å²) in [6.07, 6.45) is 0. The van der Waals surface area contributed by atoms with Gasteiger partial charge in [-0.25, -0.2) is 4.79 Å². The van der Waals surface area contributed by atoms with Crippen LogP contribution >= 0.6 is 0 Å². The summed E-state index contributed by atoms with van der Waals surface area (Å²) in [6.45, 7) is 7.57. The second-order valence-corrected chi connectivity index (χ2v) is 5.10. The quantitative estimate of drug-likeness (QED) is 0.824. The average Bonchev–Trinajstić information content (AvgIpc) is 2.28. The Kier molecular flexibility index (Phi) is 3.87. The summed E-state index contributed by atoms with van der Waals surface area (Å²) in [5.74, 6) is 0. The van der Waals surface area contributed by atoms with Gasteiger partial charge in [-0.15, -0.1) is 0 Å². The maximum Gasteiger partial charge on any atom is 0.321 e. The topological polar surface area (TPSA) is 35.6 Å². The Morgan fingerprint density at radius 3 is 2.17 bits per heavy atom. The number of anilines is 1. The molecule has 98 valence electrons. The number of hydrogen-bond donors (Lipinski definition) is 1. The Bertz CT molecular complexity index is 416. The van der Waals surface area contributed by atoms with E-state index >= 15 is 0 Å². The molecular weight excluding hydrogens is 226 g/mol. The normalized spacial score (nSPS) is 16.7. The highest BCUT2D eigenvalue weighted by Gasteiger charge is 2.18. The summed E-state index contributed by atoms with van der Waals surface area (Å²) < 4.78 is 0. The molecule has 0 radical (unpaired) electrons. The standard InChI is InChI=1S/C14H21N3O/c1-11-8-12(2)10-13(9-11)15-14(18)17-6-4-16(3)5-7-17/h8-10H,4-7H2,1-3H3,(H,15,18). The highest BCUT2D eigenvalue weighted by molar-refractivity contribution is 5.89. The van der Waals surface area contributed by atoms with E-state index in [0.29, 0.717) is 0 Å². The molecule has 0 saturated carbocycles. The van der Waals surface area contributed by atoms with Gasteiger partial charge in [-0.1, -0.05) is 6.07 Å². The zero-order chi connectivity index (χ0) is 13.1. The number of benzene rings is 1. The third-order valence-electron chi connectivity index (χ3n) is 3.26. The van der Waals surface area contributed by atoms with E-state index in [0.717, 1.165) is 31.9 Å². The lowest BCUT2D eigenvalue weighted by atomic mass is 10.1. The number of nitrogens with one attached hydrogen (secondary N) is 1. The molecule has 0 atom stereocenters. The minimum absolute atomic E-state index is 0.00750. The van der Waals surface area contributed by atoms with Gasteiger partial charge in [0.2, 0.25) is 0 Å². The van der Waals surface area contributed by atoms with Gasteiger partial charge in [-0.05, 0) is 44.2 Å². The van der Waals surface area contributed by atoms with Crippen molar-refractivity contribution in [3.63, 3.8) is 0 Å². The van der Waals surface area contributed by atoms with Crippen LogP contribution < -0.4 is 5.32 Å². The van der Waals surface area contributed by atoms with E-state index in [2.05, 4.69) is 23.3 Å². The Morgan fingerprint density at radius 2 is 1.61 bits per heavy atom. The van der Waals surface area contributed by atoms with Crippen molar-refractivity contribution in [1.29, 1.82) is 0 Å². The molecule has 1 saturated heterocycles. The van der Waals surface area contributed by atoms with Gasteiger partial charge in [0.25, 0.3) is 0 Å². The fourth-order valence-electron chi connectivity index (χ4n) is 2.26. The molecule has 1 heterocycles. The van der Waals surface area contributed by atoms with E-state index in [9.17, 15) is 4.79 Å². The van der Waals surface area contributed by atoms with Gasteiger partial charge in [0.15, 0.2) is 0 Å². The van der Waals surface area contributed by atoms with Crippen LogP contribution in [0.4, 0.5) is 10.5 Å². The molecule has 1 N–H and O–H groups in total. The second kappa shape index (κ2) is 5.40. The van der Waals surface area contributed by atoms with Gasteiger partial charge < -0.3 is 15.1 Å². The van der Waals surface area contributed by atoms with Crippen LogP contribution in [0.5, 0.6) is 0 Å². The predicted molar refractivity (Wildman–Crippen MR) is 74.0 cm³/mol. The first-order valence-electron chi connectivity index (χ1n) is 6.37. The van der Waals surface area contributed by atoms with Crippen LogP contribution in [0.15, 0.2) is 18.2 Å². The number of aryl methyl sites for hydroxylation is 2. The van der Waals surface area contributed by atoms with Crippen molar-refractivity contribution in [3.05, 3.63) is 29.3 Å². The fourth-order valence-corrected chi connectivity index (χ4v) is 2.26. The third-order valence-corrected chi connectivity index (χ3v) is 3.26. The smallest absolute Gasteiger partial charge is 0.321 e. The Morgan fingerprint density at radius 1 is 1.06 bits per heavy atom. The summed E-state index contributed by atoms with van der Waals surface area (Å²) in [4.78, 5) is 16.2. The zero-order valence-corrected chi connectivity index (χ0v) is 11.4. The lowest BCUT2D eigenvalue weighted by molar-refractivity contribution is 0.164. The van der Waals surface area contributed by atoms with Crippen molar-refractivity contribution in [1.82, 2.24) is 9.80 Å². The Labute approximate surface area is 109 Å². The van der Waals surface area contributed by atoms with Crippen molar-refractivity contribution in [2.75, 3.05) is 38.5 Å². The molecule has 1 aliphatic rings. The number of carbonyl (C=O) groups excluding carboxylic acids is 1. The summed E-state index contributed by atoms with van der Waals surface area (Å²) >= 11 is 0. The van der Waals surface area contributed by atoms with E-state index < -0.39 is 0 Å². The van der Waals surface area contributed by atoms with E-state index in [4.69, 9.17) is 0 Å². The van der Waals surface area contributed by atoms with E-state index in [1.165, 1.54) is 11.1 Å². The van der Waals surface area contributed by atoms with Gasteiger partial charge >= 0.3 is 6.03 Å². The Balaban J connectivity index is 1.98. The average molecular weight is 247 g/mol. The SMILES string of the molecule is Cc1cc(C)cc(NC(=O)N2CCN(C)CC2)c1. The van der Waals surface area contributed by atoms with E-state index in [1.54, 1.807) is 0 Å². The molecule has 0 aliphatic carbocycles. The summed E-state index contributed by atoms with van der Waals surface area (Å²) in [5.41, 5.74) is 3.23. The second-order valence-electron chi connectivity index (χ2n) is 5.10. The number of likely N-dealkylation sites (N-methyl/N-ethyl adjacent to an activating group) is 1. The molecular formula is C14H21N3O. The molecule has 0 aromatic heterocycles. The largest absolute Gasteiger partial charge is 0.322 e. The predicted octanol–water partition coefficient (Wildman–Crippen LogP) is 2.08. The first-order chi connectivity index (χ1) is 8.54. The molecule has 2 rings (SSSR count). The summed E-state index contributed by atoms with van der Waals surface area (Å²) in [6, 6.07) is 6.11. The van der Waals surface area contributed by atoms with Gasteiger partial charge in [0.1, 0.15) is 0 Å². The third kappa shape index (κ3) is 3.23. The van der Waals surface area contributed by atoms with E-state index in [1.807, 2.05) is 30.9 Å². The number of nitrogens with zero attached hydrogens (tertiary/aromatic N) is 2. The number of piperazine rings is 1. The molecule has 1 aliphatic heterocycles. The van der Waals surface area contributed by atoms with Crippen LogP contribution in [0.25, 0.3) is 0 Å². The van der Waals surface area contributed by atoms with Crippen molar-refractivity contribution in [2.45, 2.75) is 13.8 Å². The van der Waals surface area contributed by atoms with Crippen LogP contribution in [0, 0.1) is 13.8 Å². The zero-order valence-electron chi connectivity index (χ0n) is 11.4. The molecule has 1 aromatic carbocycles. The maximum absolute atomic E-state index is 12.1. The van der Waals surface area contributed by atoms with Crippen molar-refractivity contribution >= 4 is 11.7 Å². The lowest BCUT2D eigenvalue weighted by Gasteiger charge is -2.32. The Hall–Kier alpha value is -1.55. The van der Waals surface area contributed by atoms with Gasteiger partial charge in [0.05, 0.1) is 0 Å². The molecule has 18 heavy (non-hydrogen) atoms. The van der Waals surface area contributed by atoms with Crippen LogP contribution in [-0.2, 0) is 0 Å². The molecule has 2 amide bonds. The molecule has 4 nitrogen and oxygen atoms in total. The van der Waals surface area contributed by atoms with Crippen LogP contribution in [0.3, 0.4) is 0 Å². The first-order valence-corrected chi connectivity index (χ1v) is 6.37. The lowest BCUT2D eigenvalue weighted by Crippen LogP contribution is -2.48. The van der Waals surface area contributed by atoms with Crippen molar-refractivity contribution in [2.24, 2.45) is 0 Å². The monoisotopic (exact) mass is 247 g/mol. The number of rotatable bonds is 1. The van der Waals surface area contributed by atoms with E-state index in [-0.39, 0.29) is 6.03 Å². The summed E-state index contributed by atoms with van der Waals surface area (Å²) in [7, 11) is 2.08. The maximum atomic E-state index is 12.1. The summed E-state index contributed by atoms with van der Waals surface area (Å²) in [5, 5.41) is 2.98. The molecule has 0 unspecified atom stereocenters. The molecule has 0 bridgehead atoms. The fraction of sp³-hybridized carbons (Fsp3) is 0.500. The van der Waals surface area contributed by atoms with Gasteiger partial charge in [-0.3, -0.25) is 0 Å². The van der Waals surface area contributed by atoms with Crippen LogP contribution in [-0.4, -0.2) is 49.1 Å². The number of amides is 2. The molecule has 1 aromatic rings. The van der Waals surface area contributed by atoms with Crippen LogP contribution in [0.2, 0.25) is 0 Å².